The lowest BCUT2D eigenvalue weighted by molar-refractivity contribution is -0.137. The van der Waals surface area contributed by atoms with Gasteiger partial charge < -0.3 is 5.11 Å². The van der Waals surface area contributed by atoms with Crippen molar-refractivity contribution in [1.29, 1.82) is 0 Å². The lowest BCUT2D eigenvalue weighted by atomic mass is 9.93. The van der Waals surface area contributed by atoms with E-state index in [0.29, 0.717) is 17.5 Å². The lowest BCUT2D eigenvalue weighted by Crippen LogP contribution is -2.35. The van der Waals surface area contributed by atoms with Crippen molar-refractivity contribution in [1.82, 2.24) is 4.90 Å². The summed E-state index contributed by atoms with van der Waals surface area (Å²) < 4.78 is 13.3. The Morgan fingerprint density at radius 1 is 1.45 bits per heavy atom. The van der Waals surface area contributed by atoms with Crippen molar-refractivity contribution in [2.24, 2.45) is 5.92 Å². The monoisotopic (exact) mass is 299 g/mol. The van der Waals surface area contributed by atoms with E-state index < -0.39 is 5.97 Å². The zero-order chi connectivity index (χ0) is 14.5. The highest BCUT2D eigenvalue weighted by Gasteiger charge is 2.20. The molecule has 1 aliphatic rings. The molecule has 110 valence electrons. The van der Waals surface area contributed by atoms with Crippen LogP contribution in [0.4, 0.5) is 4.39 Å². The van der Waals surface area contributed by atoms with Gasteiger partial charge in [-0.05, 0) is 55.5 Å². The minimum absolute atomic E-state index is 0.226. The Hall–Kier alpha value is -1.13. The van der Waals surface area contributed by atoms with E-state index in [4.69, 9.17) is 16.7 Å². The second-order valence-electron chi connectivity index (χ2n) is 5.45. The molecule has 1 N–H and O–H groups in total. The Balaban J connectivity index is 1.90. The summed E-state index contributed by atoms with van der Waals surface area (Å²) in [5.41, 5.74) is 0.869. The van der Waals surface area contributed by atoms with Gasteiger partial charge in [0.25, 0.3) is 0 Å². The number of hydrogen-bond donors (Lipinski definition) is 1. The minimum Gasteiger partial charge on any atom is -0.481 e. The van der Waals surface area contributed by atoms with Gasteiger partial charge in [-0.15, -0.1) is 0 Å². The predicted molar refractivity (Wildman–Crippen MR) is 76.3 cm³/mol. The fraction of sp³-hybridized carbons (Fsp3) is 0.533. The maximum atomic E-state index is 13.3. The second-order valence-corrected chi connectivity index (χ2v) is 5.89. The van der Waals surface area contributed by atoms with Crippen LogP contribution in [0, 0.1) is 11.7 Å². The summed E-state index contributed by atoms with van der Waals surface area (Å²) in [6.07, 6.45) is 3.08. The average molecular weight is 300 g/mol. The van der Waals surface area contributed by atoms with Gasteiger partial charge in [-0.25, -0.2) is 4.39 Å². The number of benzene rings is 1. The van der Waals surface area contributed by atoms with Crippen molar-refractivity contribution in [3.63, 3.8) is 0 Å². The Morgan fingerprint density at radius 3 is 2.95 bits per heavy atom. The Labute approximate surface area is 123 Å². The third-order valence-corrected chi connectivity index (χ3v) is 3.92. The Morgan fingerprint density at radius 2 is 2.25 bits per heavy atom. The van der Waals surface area contributed by atoms with E-state index in [9.17, 15) is 9.18 Å². The van der Waals surface area contributed by atoms with Gasteiger partial charge in [0.1, 0.15) is 5.82 Å². The van der Waals surface area contributed by atoms with E-state index in [1.54, 1.807) is 6.07 Å². The standard InChI is InChI=1S/C15H19ClFNO2/c16-13-6-12(7-14(17)8-13)10-18-5-1-2-11(9-18)3-4-15(19)20/h6-8,11H,1-5,9-10H2,(H,19,20)/t11-/m1/s1. The van der Waals surface area contributed by atoms with Gasteiger partial charge in [-0.3, -0.25) is 9.69 Å². The van der Waals surface area contributed by atoms with Crippen molar-refractivity contribution < 1.29 is 14.3 Å². The number of nitrogens with zero attached hydrogens (tertiary/aromatic N) is 1. The third kappa shape index (κ3) is 4.76. The minimum atomic E-state index is -0.737. The molecule has 0 amide bonds. The molecular weight excluding hydrogens is 281 g/mol. The number of likely N-dealkylation sites (tertiary alicyclic amines) is 1. The summed E-state index contributed by atoms with van der Waals surface area (Å²) in [5.74, 6) is -0.630. The summed E-state index contributed by atoms with van der Waals surface area (Å²) in [5, 5.41) is 9.15. The van der Waals surface area contributed by atoms with Gasteiger partial charge in [0.05, 0.1) is 0 Å². The van der Waals surface area contributed by atoms with Crippen molar-refractivity contribution in [3.8, 4) is 0 Å². The summed E-state index contributed by atoms with van der Waals surface area (Å²) >= 11 is 5.86. The molecule has 1 heterocycles. The van der Waals surface area contributed by atoms with E-state index in [2.05, 4.69) is 4.90 Å². The molecular formula is C15H19ClFNO2. The topological polar surface area (TPSA) is 40.5 Å². The van der Waals surface area contributed by atoms with Crippen molar-refractivity contribution in [3.05, 3.63) is 34.6 Å². The van der Waals surface area contributed by atoms with Crippen LogP contribution in [-0.4, -0.2) is 29.1 Å². The quantitative estimate of drug-likeness (QED) is 0.904. The van der Waals surface area contributed by atoms with E-state index in [1.807, 2.05) is 0 Å². The largest absolute Gasteiger partial charge is 0.481 e. The number of carboxylic acid groups (broad SMARTS) is 1. The fourth-order valence-electron chi connectivity index (χ4n) is 2.82. The Bertz CT molecular complexity index is 461. The molecule has 0 saturated carbocycles. The first-order valence-corrected chi connectivity index (χ1v) is 7.30. The highest BCUT2D eigenvalue weighted by molar-refractivity contribution is 6.30. The van der Waals surface area contributed by atoms with Crippen LogP contribution in [0.1, 0.15) is 31.2 Å². The predicted octanol–water partition coefficient (Wildman–Crippen LogP) is 3.56. The van der Waals surface area contributed by atoms with Crippen LogP contribution >= 0.6 is 11.6 Å². The summed E-state index contributed by atoms with van der Waals surface area (Å²) in [4.78, 5) is 12.9. The van der Waals surface area contributed by atoms with Gasteiger partial charge >= 0.3 is 5.97 Å². The number of hydrogen-bond acceptors (Lipinski definition) is 2. The highest BCUT2D eigenvalue weighted by atomic mass is 35.5. The zero-order valence-corrected chi connectivity index (χ0v) is 12.1. The molecule has 1 aromatic carbocycles. The zero-order valence-electron chi connectivity index (χ0n) is 11.3. The lowest BCUT2D eigenvalue weighted by Gasteiger charge is -2.32. The molecule has 0 unspecified atom stereocenters. The maximum absolute atomic E-state index is 13.3. The summed E-state index contributed by atoms with van der Waals surface area (Å²) in [6.45, 7) is 2.51. The highest BCUT2D eigenvalue weighted by Crippen LogP contribution is 2.23. The Kier molecular flexibility index (Phi) is 5.38. The second kappa shape index (κ2) is 7.04. The van der Waals surface area contributed by atoms with Crippen LogP contribution < -0.4 is 0 Å². The van der Waals surface area contributed by atoms with Gasteiger partial charge in [0.15, 0.2) is 0 Å². The number of piperidine rings is 1. The van der Waals surface area contributed by atoms with E-state index in [-0.39, 0.29) is 12.2 Å². The van der Waals surface area contributed by atoms with Crippen LogP contribution in [0.25, 0.3) is 0 Å². The van der Waals surface area contributed by atoms with Gasteiger partial charge in [0.2, 0.25) is 0 Å². The smallest absolute Gasteiger partial charge is 0.303 e. The third-order valence-electron chi connectivity index (χ3n) is 3.70. The number of aliphatic carboxylic acids is 1. The van der Waals surface area contributed by atoms with Crippen LogP contribution in [0.2, 0.25) is 5.02 Å². The first-order valence-electron chi connectivity index (χ1n) is 6.92. The van der Waals surface area contributed by atoms with E-state index in [0.717, 1.165) is 37.9 Å². The molecule has 1 aliphatic heterocycles. The van der Waals surface area contributed by atoms with Gasteiger partial charge in [-0.2, -0.15) is 0 Å². The first-order chi connectivity index (χ1) is 9.52. The number of carbonyl (C=O) groups is 1. The SMILES string of the molecule is O=C(O)CC[C@H]1CCCN(Cc2cc(F)cc(Cl)c2)C1. The van der Waals surface area contributed by atoms with Crippen LogP contribution in [0.15, 0.2) is 18.2 Å². The molecule has 0 spiro atoms. The van der Waals surface area contributed by atoms with Crippen molar-refractivity contribution >= 4 is 17.6 Å². The molecule has 1 fully saturated rings. The molecule has 1 saturated heterocycles. The van der Waals surface area contributed by atoms with Gasteiger partial charge in [0, 0.05) is 24.5 Å². The summed E-state index contributed by atoms with van der Waals surface area (Å²) in [6, 6.07) is 4.59. The average Bonchev–Trinajstić information content (AvgIpc) is 2.35. The molecule has 1 aromatic rings. The normalized spacial score (nSPS) is 20.0. The van der Waals surface area contributed by atoms with E-state index in [1.165, 1.54) is 12.1 Å². The van der Waals surface area contributed by atoms with Crippen LogP contribution in [0.5, 0.6) is 0 Å². The van der Waals surface area contributed by atoms with Crippen molar-refractivity contribution in [2.45, 2.75) is 32.2 Å². The van der Waals surface area contributed by atoms with Crippen LogP contribution in [-0.2, 0) is 11.3 Å². The van der Waals surface area contributed by atoms with E-state index >= 15 is 0 Å². The number of rotatable bonds is 5. The van der Waals surface area contributed by atoms with Crippen LogP contribution in [0.3, 0.4) is 0 Å². The maximum Gasteiger partial charge on any atom is 0.303 e. The number of halogens is 2. The van der Waals surface area contributed by atoms with Crippen molar-refractivity contribution in [2.75, 3.05) is 13.1 Å². The summed E-state index contributed by atoms with van der Waals surface area (Å²) in [7, 11) is 0. The molecule has 1 atom stereocenters. The fourth-order valence-corrected chi connectivity index (χ4v) is 3.06. The molecule has 0 aromatic heterocycles. The number of carboxylic acids is 1. The molecule has 5 heteroatoms. The molecule has 2 rings (SSSR count). The molecule has 3 nitrogen and oxygen atoms in total. The first kappa shape index (κ1) is 15.3. The van der Waals surface area contributed by atoms with Gasteiger partial charge in [-0.1, -0.05) is 11.6 Å². The molecule has 20 heavy (non-hydrogen) atoms. The molecule has 0 aliphatic carbocycles. The molecule has 0 radical (unpaired) electrons. The molecule has 0 bridgehead atoms.